The Labute approximate surface area is 143 Å². The fourth-order valence-corrected chi connectivity index (χ4v) is 3.72. The lowest BCUT2D eigenvalue weighted by molar-refractivity contribution is -0.123. The molecule has 126 valence electrons. The van der Waals surface area contributed by atoms with Crippen LogP contribution in [-0.2, 0) is 4.79 Å². The Morgan fingerprint density at radius 1 is 1.33 bits per heavy atom. The summed E-state index contributed by atoms with van der Waals surface area (Å²) in [6.07, 6.45) is 1.42. The molecular weight excluding hydrogens is 329 g/mol. The monoisotopic (exact) mass is 347 g/mol. The van der Waals surface area contributed by atoms with Gasteiger partial charge in [-0.3, -0.25) is 9.59 Å². The van der Waals surface area contributed by atoms with Gasteiger partial charge in [-0.15, -0.1) is 11.3 Å². The Morgan fingerprint density at radius 2 is 2.08 bits per heavy atom. The van der Waals surface area contributed by atoms with E-state index in [0.717, 1.165) is 6.42 Å². The third-order valence-corrected chi connectivity index (χ3v) is 5.25. The zero-order chi connectivity index (χ0) is 17.3. The van der Waals surface area contributed by atoms with Crippen molar-refractivity contribution < 1.29 is 14.0 Å². The first-order chi connectivity index (χ1) is 11.5. The van der Waals surface area contributed by atoms with E-state index in [0.29, 0.717) is 23.5 Å². The van der Waals surface area contributed by atoms with Crippen LogP contribution in [0.1, 0.15) is 30.3 Å². The van der Waals surface area contributed by atoms with Crippen molar-refractivity contribution in [3.63, 3.8) is 0 Å². The van der Waals surface area contributed by atoms with Crippen LogP contribution in [0.25, 0.3) is 10.6 Å². The third kappa shape index (κ3) is 3.17. The predicted molar refractivity (Wildman–Crippen MR) is 89.9 cm³/mol. The van der Waals surface area contributed by atoms with Gasteiger partial charge in [0, 0.05) is 23.5 Å². The van der Waals surface area contributed by atoms with Crippen LogP contribution in [0.3, 0.4) is 0 Å². The highest BCUT2D eigenvalue weighted by Crippen LogP contribution is 2.28. The van der Waals surface area contributed by atoms with Crippen LogP contribution in [0.5, 0.6) is 0 Å². The summed E-state index contributed by atoms with van der Waals surface area (Å²) in [5, 5.41) is 2.10. The molecule has 2 heterocycles. The second-order valence-electron chi connectivity index (χ2n) is 6.00. The van der Waals surface area contributed by atoms with Crippen LogP contribution < -0.4 is 5.73 Å². The number of primary amides is 1. The number of benzene rings is 1. The van der Waals surface area contributed by atoms with Gasteiger partial charge in [0.15, 0.2) is 0 Å². The number of piperidine rings is 1. The SMILES string of the molecule is C[C@H]1CC[C@H](C(N)=O)CN1C(=O)c1csc(-c2ccccc2F)n1. The second kappa shape index (κ2) is 6.68. The molecule has 0 saturated carbocycles. The number of aromatic nitrogens is 1. The van der Waals surface area contributed by atoms with Crippen LogP contribution in [0.2, 0.25) is 0 Å². The van der Waals surface area contributed by atoms with Gasteiger partial charge in [-0.2, -0.15) is 0 Å². The number of nitrogens with zero attached hydrogens (tertiary/aromatic N) is 2. The highest BCUT2D eigenvalue weighted by atomic mass is 32.1. The van der Waals surface area contributed by atoms with Gasteiger partial charge < -0.3 is 10.6 Å². The van der Waals surface area contributed by atoms with Crippen LogP contribution in [0.15, 0.2) is 29.6 Å². The fourth-order valence-electron chi connectivity index (χ4n) is 2.90. The Morgan fingerprint density at radius 3 is 2.79 bits per heavy atom. The number of amides is 2. The maximum absolute atomic E-state index is 13.9. The maximum Gasteiger partial charge on any atom is 0.273 e. The van der Waals surface area contributed by atoms with Crippen molar-refractivity contribution in [3.8, 4) is 10.6 Å². The first-order valence-corrected chi connectivity index (χ1v) is 8.66. The number of likely N-dealkylation sites (tertiary alicyclic amines) is 1. The molecule has 0 unspecified atom stereocenters. The Kier molecular flexibility index (Phi) is 4.62. The van der Waals surface area contributed by atoms with Crippen molar-refractivity contribution in [2.75, 3.05) is 6.54 Å². The molecule has 1 aliphatic rings. The molecule has 1 fully saturated rings. The van der Waals surface area contributed by atoms with Gasteiger partial charge in [0.2, 0.25) is 5.91 Å². The summed E-state index contributed by atoms with van der Waals surface area (Å²) in [4.78, 5) is 30.1. The topological polar surface area (TPSA) is 76.3 Å². The van der Waals surface area contributed by atoms with E-state index in [1.165, 1.54) is 17.4 Å². The lowest BCUT2D eigenvalue weighted by Gasteiger charge is -2.36. The second-order valence-corrected chi connectivity index (χ2v) is 6.86. The van der Waals surface area contributed by atoms with Gasteiger partial charge in [-0.1, -0.05) is 12.1 Å². The Balaban J connectivity index is 1.83. The quantitative estimate of drug-likeness (QED) is 0.927. The van der Waals surface area contributed by atoms with Crippen molar-refractivity contribution in [1.82, 2.24) is 9.88 Å². The molecule has 0 bridgehead atoms. The van der Waals surface area contributed by atoms with E-state index in [9.17, 15) is 14.0 Å². The normalized spacial score (nSPS) is 20.8. The number of thiazole rings is 1. The largest absolute Gasteiger partial charge is 0.369 e. The van der Waals surface area contributed by atoms with Crippen LogP contribution >= 0.6 is 11.3 Å². The molecule has 1 aromatic heterocycles. The van der Waals surface area contributed by atoms with E-state index < -0.39 is 0 Å². The zero-order valence-electron chi connectivity index (χ0n) is 13.2. The summed E-state index contributed by atoms with van der Waals surface area (Å²) in [7, 11) is 0. The molecule has 0 radical (unpaired) electrons. The standard InChI is InChI=1S/C17H18FN3O2S/c1-10-6-7-11(15(19)22)8-21(10)17(23)14-9-24-16(20-14)12-4-2-3-5-13(12)18/h2-5,9-11H,6-8H2,1H3,(H2,19,22)/t10-,11-/m0/s1. The van der Waals surface area contributed by atoms with E-state index in [-0.39, 0.29) is 35.3 Å². The molecule has 1 saturated heterocycles. The van der Waals surface area contributed by atoms with E-state index >= 15 is 0 Å². The summed E-state index contributed by atoms with van der Waals surface area (Å²) in [5.41, 5.74) is 6.03. The average Bonchev–Trinajstić information content (AvgIpc) is 3.04. The highest BCUT2D eigenvalue weighted by molar-refractivity contribution is 7.13. The third-order valence-electron chi connectivity index (χ3n) is 4.37. The smallest absolute Gasteiger partial charge is 0.273 e. The minimum atomic E-state index is -0.384. The summed E-state index contributed by atoms with van der Waals surface area (Å²) < 4.78 is 13.9. The minimum absolute atomic E-state index is 0.0201. The van der Waals surface area contributed by atoms with Gasteiger partial charge in [-0.25, -0.2) is 9.37 Å². The van der Waals surface area contributed by atoms with Crippen molar-refractivity contribution in [2.24, 2.45) is 11.7 Å². The highest BCUT2D eigenvalue weighted by Gasteiger charge is 2.33. The molecule has 2 atom stereocenters. The van der Waals surface area contributed by atoms with Gasteiger partial charge in [-0.05, 0) is 31.9 Å². The molecule has 24 heavy (non-hydrogen) atoms. The lowest BCUT2D eigenvalue weighted by atomic mass is 9.93. The molecule has 0 spiro atoms. The fraction of sp³-hybridized carbons (Fsp3) is 0.353. The number of rotatable bonds is 3. The number of nitrogens with two attached hydrogens (primary N) is 1. The average molecular weight is 347 g/mol. The molecule has 0 aliphatic carbocycles. The number of carbonyl (C=O) groups is 2. The van der Waals surface area contributed by atoms with Crippen LogP contribution in [0, 0.1) is 11.7 Å². The van der Waals surface area contributed by atoms with Crippen molar-refractivity contribution in [1.29, 1.82) is 0 Å². The molecule has 2 N–H and O–H groups in total. The lowest BCUT2D eigenvalue weighted by Crippen LogP contribution is -2.48. The molecule has 2 aromatic rings. The number of halogens is 1. The molecule has 2 amide bonds. The number of hydrogen-bond acceptors (Lipinski definition) is 4. The molecule has 1 aromatic carbocycles. The van der Waals surface area contributed by atoms with Crippen molar-refractivity contribution >= 4 is 23.2 Å². The van der Waals surface area contributed by atoms with Gasteiger partial charge >= 0.3 is 0 Å². The molecule has 7 heteroatoms. The van der Waals surface area contributed by atoms with E-state index in [1.54, 1.807) is 28.5 Å². The zero-order valence-corrected chi connectivity index (χ0v) is 14.1. The molecular formula is C17H18FN3O2S. The van der Waals surface area contributed by atoms with Crippen molar-refractivity contribution in [2.45, 2.75) is 25.8 Å². The number of carbonyl (C=O) groups excluding carboxylic acids is 2. The summed E-state index contributed by atoms with van der Waals surface area (Å²) in [6, 6.07) is 6.35. The summed E-state index contributed by atoms with van der Waals surface area (Å²) in [6.45, 7) is 2.25. The Bertz CT molecular complexity index is 777. The minimum Gasteiger partial charge on any atom is -0.369 e. The molecule has 5 nitrogen and oxygen atoms in total. The van der Waals surface area contributed by atoms with Crippen LogP contribution in [-0.4, -0.2) is 34.3 Å². The predicted octanol–water partition coefficient (Wildman–Crippen LogP) is 2.68. The maximum atomic E-state index is 13.9. The first-order valence-electron chi connectivity index (χ1n) is 7.78. The summed E-state index contributed by atoms with van der Waals surface area (Å²) in [5.74, 6) is -1.32. The van der Waals surface area contributed by atoms with E-state index in [4.69, 9.17) is 5.73 Å². The molecule has 1 aliphatic heterocycles. The van der Waals surface area contributed by atoms with E-state index in [2.05, 4.69) is 4.98 Å². The molecule has 3 rings (SSSR count). The first kappa shape index (κ1) is 16.6. The van der Waals surface area contributed by atoms with Crippen molar-refractivity contribution in [3.05, 3.63) is 41.2 Å². The van der Waals surface area contributed by atoms with Crippen LogP contribution in [0.4, 0.5) is 4.39 Å². The summed E-state index contributed by atoms with van der Waals surface area (Å²) >= 11 is 1.23. The Hall–Kier alpha value is -2.28. The van der Waals surface area contributed by atoms with Gasteiger partial charge in [0.1, 0.15) is 16.5 Å². The number of hydrogen-bond donors (Lipinski definition) is 1. The van der Waals surface area contributed by atoms with E-state index in [1.807, 2.05) is 6.92 Å². The van der Waals surface area contributed by atoms with Gasteiger partial charge in [0.05, 0.1) is 5.92 Å². The van der Waals surface area contributed by atoms with Gasteiger partial charge in [0.25, 0.3) is 5.91 Å².